The normalized spacial score (nSPS) is 10.5. The Bertz CT molecular complexity index is 630. The summed E-state index contributed by atoms with van der Waals surface area (Å²) in [5.41, 5.74) is 0.522. The van der Waals surface area contributed by atoms with Gasteiger partial charge in [0.2, 0.25) is 0 Å². The van der Waals surface area contributed by atoms with Gasteiger partial charge in [0, 0.05) is 5.56 Å². The van der Waals surface area contributed by atoms with Crippen molar-refractivity contribution in [3.63, 3.8) is 0 Å². The fourth-order valence-electron chi connectivity index (χ4n) is 1.85. The van der Waals surface area contributed by atoms with Crippen LogP contribution < -0.4 is 4.74 Å². The Kier molecular flexibility index (Phi) is 5.41. The van der Waals surface area contributed by atoms with Crippen molar-refractivity contribution in [2.24, 2.45) is 0 Å². The molecule has 0 heterocycles. The summed E-state index contributed by atoms with van der Waals surface area (Å²) in [5, 5.41) is 0. The molecule has 0 aromatic heterocycles. The van der Waals surface area contributed by atoms with Crippen molar-refractivity contribution in [3.05, 3.63) is 65.5 Å². The topological polar surface area (TPSA) is 35.5 Å². The van der Waals surface area contributed by atoms with E-state index in [0.717, 1.165) is 11.6 Å². The maximum atomic E-state index is 13.7. The molecule has 0 aliphatic rings. The van der Waals surface area contributed by atoms with Crippen LogP contribution in [0.5, 0.6) is 5.75 Å². The van der Waals surface area contributed by atoms with Gasteiger partial charge in [-0.15, -0.1) is 0 Å². The summed E-state index contributed by atoms with van der Waals surface area (Å²) in [6.07, 6.45) is -0.485. The van der Waals surface area contributed by atoms with Gasteiger partial charge < -0.3 is 9.47 Å². The van der Waals surface area contributed by atoms with E-state index in [4.69, 9.17) is 4.74 Å². The van der Waals surface area contributed by atoms with Crippen LogP contribution in [0, 0.1) is 5.82 Å². The molecule has 0 spiro atoms. The number of benzene rings is 2. The first-order valence-corrected chi connectivity index (χ1v) is 6.48. The Morgan fingerprint density at radius 2 is 1.77 bits per heavy atom. The first kappa shape index (κ1) is 15.9. The fraction of sp³-hybridized carbons (Fsp3) is 0.188. The Hall–Kier alpha value is -2.50. The second-order valence-corrected chi connectivity index (χ2v) is 4.42. The molecular weight excluding hydrogens is 297 g/mol. The molecule has 0 aliphatic heterocycles. The van der Waals surface area contributed by atoms with Crippen LogP contribution in [0.15, 0.2) is 48.5 Å². The van der Waals surface area contributed by atoms with E-state index in [-0.39, 0.29) is 17.9 Å². The minimum absolute atomic E-state index is 0.0269. The Morgan fingerprint density at radius 3 is 2.45 bits per heavy atom. The van der Waals surface area contributed by atoms with Crippen molar-refractivity contribution in [1.29, 1.82) is 0 Å². The average molecular weight is 310 g/mol. The largest absolute Gasteiger partial charge is 0.461 e. The van der Waals surface area contributed by atoms with Gasteiger partial charge in [0.05, 0.1) is 6.42 Å². The second-order valence-electron chi connectivity index (χ2n) is 4.42. The summed E-state index contributed by atoms with van der Waals surface area (Å²) in [6, 6.07) is 12.4. The minimum atomic E-state index is -3.10. The van der Waals surface area contributed by atoms with Gasteiger partial charge in [-0.05, 0) is 17.7 Å². The number of alkyl halides is 2. The van der Waals surface area contributed by atoms with Crippen LogP contribution in [0.2, 0.25) is 0 Å². The third kappa shape index (κ3) is 4.51. The molecule has 0 bridgehead atoms. The molecule has 0 amide bonds. The molecule has 0 unspecified atom stereocenters. The molecule has 2 aromatic rings. The van der Waals surface area contributed by atoms with Gasteiger partial charge in [-0.2, -0.15) is 8.78 Å². The summed E-state index contributed by atoms with van der Waals surface area (Å²) >= 11 is 0. The van der Waals surface area contributed by atoms with Gasteiger partial charge >= 0.3 is 12.6 Å². The van der Waals surface area contributed by atoms with Crippen molar-refractivity contribution in [2.75, 3.05) is 0 Å². The van der Waals surface area contributed by atoms with Gasteiger partial charge in [-0.1, -0.05) is 36.4 Å². The number of hydrogen-bond acceptors (Lipinski definition) is 3. The lowest BCUT2D eigenvalue weighted by Crippen LogP contribution is -2.12. The summed E-state index contributed by atoms with van der Waals surface area (Å²) in [4.78, 5) is 11.7. The molecule has 6 heteroatoms. The predicted molar refractivity (Wildman–Crippen MR) is 73.0 cm³/mol. The molecule has 116 valence electrons. The van der Waals surface area contributed by atoms with E-state index in [1.54, 1.807) is 24.3 Å². The van der Waals surface area contributed by atoms with Gasteiger partial charge in [-0.25, -0.2) is 4.39 Å². The summed E-state index contributed by atoms with van der Waals surface area (Å²) in [6.45, 7) is -3.07. The highest BCUT2D eigenvalue weighted by Gasteiger charge is 2.17. The number of esters is 1. The summed E-state index contributed by atoms with van der Waals surface area (Å²) in [5.74, 6) is -1.89. The average Bonchev–Trinajstić information content (AvgIpc) is 2.49. The summed E-state index contributed by atoms with van der Waals surface area (Å²) < 4.78 is 47.5. The van der Waals surface area contributed by atoms with Crippen molar-refractivity contribution >= 4 is 5.97 Å². The molecule has 0 saturated heterocycles. The maximum Gasteiger partial charge on any atom is 0.387 e. The van der Waals surface area contributed by atoms with E-state index in [9.17, 15) is 18.0 Å². The highest BCUT2D eigenvalue weighted by atomic mass is 19.3. The van der Waals surface area contributed by atoms with Crippen LogP contribution >= 0.6 is 0 Å². The van der Waals surface area contributed by atoms with Gasteiger partial charge in [-0.3, -0.25) is 4.79 Å². The molecule has 0 fully saturated rings. The molecule has 22 heavy (non-hydrogen) atoms. The van der Waals surface area contributed by atoms with Crippen LogP contribution in [0.4, 0.5) is 13.2 Å². The number of hydrogen-bond donors (Lipinski definition) is 0. The standard InChI is InChI=1S/C16H13F3O3/c17-13-7-4-8-14(22-16(18)19)12(13)9-15(20)21-10-11-5-2-1-3-6-11/h1-8,16H,9-10H2. The monoisotopic (exact) mass is 310 g/mol. The Morgan fingerprint density at radius 1 is 1.05 bits per heavy atom. The third-order valence-corrected chi connectivity index (χ3v) is 2.86. The highest BCUT2D eigenvalue weighted by molar-refractivity contribution is 5.73. The number of carbonyl (C=O) groups excluding carboxylic acids is 1. The lowest BCUT2D eigenvalue weighted by molar-refractivity contribution is -0.144. The van der Waals surface area contributed by atoms with E-state index < -0.39 is 24.8 Å². The first-order chi connectivity index (χ1) is 10.6. The van der Waals surface area contributed by atoms with Gasteiger partial charge in [0.25, 0.3) is 0 Å². The van der Waals surface area contributed by atoms with Crippen LogP contribution in [0.3, 0.4) is 0 Å². The fourth-order valence-corrected chi connectivity index (χ4v) is 1.85. The van der Waals surface area contributed by atoms with Gasteiger partial charge in [0.15, 0.2) is 0 Å². The third-order valence-electron chi connectivity index (χ3n) is 2.86. The lowest BCUT2D eigenvalue weighted by atomic mass is 10.1. The zero-order chi connectivity index (χ0) is 15.9. The zero-order valence-corrected chi connectivity index (χ0v) is 11.5. The zero-order valence-electron chi connectivity index (χ0n) is 11.5. The van der Waals surface area contributed by atoms with E-state index in [0.29, 0.717) is 0 Å². The number of rotatable bonds is 6. The minimum Gasteiger partial charge on any atom is -0.461 e. The molecular formula is C16H13F3O3. The predicted octanol–water partition coefficient (Wildman–Crippen LogP) is 3.71. The second kappa shape index (κ2) is 7.49. The summed E-state index contributed by atoms with van der Waals surface area (Å²) in [7, 11) is 0. The highest BCUT2D eigenvalue weighted by Crippen LogP contribution is 2.24. The Labute approximate surface area is 125 Å². The van der Waals surface area contributed by atoms with E-state index in [1.807, 2.05) is 6.07 Å². The van der Waals surface area contributed by atoms with Gasteiger partial charge in [0.1, 0.15) is 18.2 Å². The molecule has 2 aromatic carbocycles. The van der Waals surface area contributed by atoms with Crippen LogP contribution in [0.1, 0.15) is 11.1 Å². The van der Waals surface area contributed by atoms with E-state index >= 15 is 0 Å². The van der Waals surface area contributed by atoms with Crippen molar-refractivity contribution in [2.45, 2.75) is 19.6 Å². The molecule has 0 aliphatic carbocycles. The van der Waals surface area contributed by atoms with Crippen molar-refractivity contribution in [1.82, 2.24) is 0 Å². The molecule has 0 radical (unpaired) electrons. The molecule has 0 atom stereocenters. The quantitative estimate of drug-likeness (QED) is 0.763. The SMILES string of the molecule is O=C(Cc1c(F)cccc1OC(F)F)OCc1ccccc1. The molecule has 2 rings (SSSR count). The smallest absolute Gasteiger partial charge is 0.387 e. The first-order valence-electron chi connectivity index (χ1n) is 6.48. The van der Waals surface area contributed by atoms with Crippen molar-refractivity contribution in [3.8, 4) is 5.75 Å². The lowest BCUT2D eigenvalue weighted by Gasteiger charge is -2.11. The molecule has 0 saturated carbocycles. The van der Waals surface area contributed by atoms with E-state index in [1.165, 1.54) is 12.1 Å². The van der Waals surface area contributed by atoms with Crippen molar-refractivity contribution < 1.29 is 27.4 Å². The number of ether oxygens (including phenoxy) is 2. The Balaban J connectivity index is 2.02. The molecule has 0 N–H and O–H groups in total. The molecule has 3 nitrogen and oxygen atoms in total. The van der Waals surface area contributed by atoms with Crippen LogP contribution in [0.25, 0.3) is 0 Å². The number of carbonyl (C=O) groups is 1. The maximum absolute atomic E-state index is 13.7. The van der Waals surface area contributed by atoms with Crippen LogP contribution in [-0.4, -0.2) is 12.6 Å². The van der Waals surface area contributed by atoms with Crippen LogP contribution in [-0.2, 0) is 22.6 Å². The number of halogens is 3. The van der Waals surface area contributed by atoms with E-state index in [2.05, 4.69) is 4.74 Å².